The van der Waals surface area contributed by atoms with Gasteiger partial charge in [-0.2, -0.15) is 0 Å². The molecule has 0 N–H and O–H groups in total. The molecule has 2 aromatic carbocycles. The quantitative estimate of drug-likeness (QED) is 0.544. The highest BCUT2D eigenvalue weighted by molar-refractivity contribution is 5.40. The molecule has 2 aromatic rings. The summed E-state index contributed by atoms with van der Waals surface area (Å²) in [6.07, 6.45) is 0. The largest absolute Gasteiger partial charge is 0.490 e. The lowest BCUT2D eigenvalue weighted by Gasteiger charge is -2.13. The lowest BCUT2D eigenvalue weighted by Crippen LogP contribution is -2.12. The van der Waals surface area contributed by atoms with E-state index in [1.54, 1.807) is 0 Å². The molecule has 0 heterocycles. The Hall–Kier alpha value is -2.40. The maximum Gasteiger partial charge on any atom is 0.161 e. The van der Waals surface area contributed by atoms with Gasteiger partial charge in [-0.15, -0.1) is 0 Å². The second-order valence-corrected chi connectivity index (χ2v) is 5.07. The first-order chi connectivity index (χ1) is 12.3. The van der Waals surface area contributed by atoms with Gasteiger partial charge in [0.25, 0.3) is 0 Å². The molecule has 5 heteroatoms. The number of hydrogen-bond donors (Lipinski definition) is 0. The maximum absolute atomic E-state index is 5.69. The fourth-order valence-electron chi connectivity index (χ4n) is 2.21. The van der Waals surface area contributed by atoms with Crippen molar-refractivity contribution < 1.29 is 23.7 Å². The molecule has 0 spiro atoms. The summed E-state index contributed by atoms with van der Waals surface area (Å²) >= 11 is 0. The molecule has 136 valence electrons. The molecular weight excluding hydrogens is 320 g/mol. The van der Waals surface area contributed by atoms with Crippen molar-refractivity contribution in [2.45, 2.75) is 13.8 Å². The van der Waals surface area contributed by atoms with Gasteiger partial charge in [0.2, 0.25) is 0 Å². The average molecular weight is 346 g/mol. The Morgan fingerprint density at radius 3 is 1.24 bits per heavy atom. The molecule has 25 heavy (non-hydrogen) atoms. The van der Waals surface area contributed by atoms with Gasteiger partial charge in [0.1, 0.15) is 13.2 Å². The van der Waals surface area contributed by atoms with Crippen LogP contribution in [0.1, 0.15) is 13.8 Å². The smallest absolute Gasteiger partial charge is 0.161 e. The maximum atomic E-state index is 5.69. The molecule has 2 rings (SSSR count). The van der Waals surface area contributed by atoms with Crippen molar-refractivity contribution in [2.24, 2.45) is 0 Å². The van der Waals surface area contributed by atoms with E-state index in [-0.39, 0.29) is 0 Å². The normalized spacial score (nSPS) is 10.3. The first kappa shape index (κ1) is 18.9. The molecule has 0 aromatic heterocycles. The molecule has 0 amide bonds. The van der Waals surface area contributed by atoms with Gasteiger partial charge >= 0.3 is 0 Å². The number of para-hydroxylation sites is 4. The summed E-state index contributed by atoms with van der Waals surface area (Å²) in [7, 11) is 0. The van der Waals surface area contributed by atoms with Crippen molar-refractivity contribution in [1.29, 1.82) is 0 Å². The molecule has 0 aliphatic heterocycles. The summed E-state index contributed by atoms with van der Waals surface area (Å²) in [6.45, 7) is 7.00. The van der Waals surface area contributed by atoms with Gasteiger partial charge in [0.15, 0.2) is 23.0 Å². The lowest BCUT2D eigenvalue weighted by atomic mass is 10.3. The molecular formula is C20H26O5. The minimum atomic E-state index is 0.458. The summed E-state index contributed by atoms with van der Waals surface area (Å²) in [5.41, 5.74) is 0. The summed E-state index contributed by atoms with van der Waals surface area (Å²) in [4.78, 5) is 0. The lowest BCUT2D eigenvalue weighted by molar-refractivity contribution is 0.0747. The first-order valence-electron chi connectivity index (χ1n) is 8.62. The van der Waals surface area contributed by atoms with Crippen molar-refractivity contribution in [3.8, 4) is 23.0 Å². The SMILES string of the molecule is CCOc1ccccc1OCCOCCOc1ccccc1OCC. The Morgan fingerprint density at radius 1 is 0.520 bits per heavy atom. The number of hydrogen-bond acceptors (Lipinski definition) is 5. The van der Waals surface area contributed by atoms with Crippen molar-refractivity contribution >= 4 is 0 Å². The van der Waals surface area contributed by atoms with Gasteiger partial charge in [0, 0.05) is 0 Å². The third kappa shape index (κ3) is 6.55. The van der Waals surface area contributed by atoms with Crippen LogP contribution >= 0.6 is 0 Å². The average Bonchev–Trinajstić information content (AvgIpc) is 2.64. The van der Waals surface area contributed by atoms with Crippen LogP contribution in [-0.2, 0) is 4.74 Å². The van der Waals surface area contributed by atoms with E-state index in [1.165, 1.54) is 0 Å². The zero-order valence-electron chi connectivity index (χ0n) is 14.9. The second-order valence-electron chi connectivity index (χ2n) is 5.07. The highest BCUT2D eigenvalue weighted by atomic mass is 16.6. The summed E-state index contributed by atoms with van der Waals surface area (Å²) in [5.74, 6) is 2.96. The Bertz CT molecular complexity index is 561. The van der Waals surface area contributed by atoms with Crippen LogP contribution in [-0.4, -0.2) is 39.6 Å². The zero-order chi connectivity index (χ0) is 17.7. The van der Waals surface area contributed by atoms with Gasteiger partial charge in [-0.3, -0.25) is 0 Å². The summed E-state index contributed by atoms with van der Waals surface area (Å²) in [6, 6.07) is 15.2. The molecule has 0 radical (unpaired) electrons. The molecule has 0 fully saturated rings. The van der Waals surface area contributed by atoms with E-state index in [1.807, 2.05) is 62.4 Å². The summed E-state index contributed by atoms with van der Waals surface area (Å²) < 4.78 is 28.0. The highest BCUT2D eigenvalue weighted by Gasteiger charge is 2.04. The minimum absolute atomic E-state index is 0.458. The van der Waals surface area contributed by atoms with Crippen molar-refractivity contribution in [1.82, 2.24) is 0 Å². The molecule has 0 saturated heterocycles. The van der Waals surface area contributed by atoms with E-state index >= 15 is 0 Å². The predicted molar refractivity (Wildman–Crippen MR) is 97.0 cm³/mol. The van der Waals surface area contributed by atoms with Crippen LogP contribution in [0.3, 0.4) is 0 Å². The van der Waals surface area contributed by atoms with Crippen LogP contribution in [0.4, 0.5) is 0 Å². The van der Waals surface area contributed by atoms with Crippen LogP contribution in [0.2, 0.25) is 0 Å². The van der Waals surface area contributed by atoms with Crippen molar-refractivity contribution in [3.05, 3.63) is 48.5 Å². The molecule has 5 nitrogen and oxygen atoms in total. The molecule has 0 unspecified atom stereocenters. The van der Waals surface area contributed by atoms with Gasteiger partial charge < -0.3 is 23.7 Å². The number of rotatable bonds is 12. The Morgan fingerprint density at radius 2 is 0.880 bits per heavy atom. The van der Waals surface area contributed by atoms with Crippen LogP contribution < -0.4 is 18.9 Å². The van der Waals surface area contributed by atoms with Gasteiger partial charge in [0.05, 0.1) is 26.4 Å². The van der Waals surface area contributed by atoms with E-state index in [0.717, 1.165) is 23.0 Å². The molecule has 0 saturated carbocycles. The van der Waals surface area contributed by atoms with Crippen molar-refractivity contribution in [2.75, 3.05) is 39.6 Å². The minimum Gasteiger partial charge on any atom is -0.490 e. The van der Waals surface area contributed by atoms with Crippen LogP contribution in [0.15, 0.2) is 48.5 Å². The topological polar surface area (TPSA) is 46.2 Å². The first-order valence-corrected chi connectivity index (χ1v) is 8.62. The third-order valence-corrected chi connectivity index (χ3v) is 3.27. The molecule has 0 atom stereocenters. The Balaban J connectivity index is 1.63. The van der Waals surface area contributed by atoms with Gasteiger partial charge in [-0.1, -0.05) is 24.3 Å². The Kier molecular flexibility index (Phi) is 8.49. The number of ether oxygens (including phenoxy) is 5. The number of benzene rings is 2. The van der Waals surface area contributed by atoms with Crippen molar-refractivity contribution in [3.63, 3.8) is 0 Å². The van der Waals surface area contributed by atoms with E-state index in [9.17, 15) is 0 Å². The zero-order valence-corrected chi connectivity index (χ0v) is 14.9. The van der Waals surface area contributed by atoms with E-state index < -0.39 is 0 Å². The molecule has 0 bridgehead atoms. The fourth-order valence-corrected chi connectivity index (χ4v) is 2.21. The Labute approximate surface area is 149 Å². The summed E-state index contributed by atoms with van der Waals surface area (Å²) in [5, 5.41) is 0. The third-order valence-electron chi connectivity index (χ3n) is 3.27. The van der Waals surface area contributed by atoms with E-state index in [2.05, 4.69) is 0 Å². The van der Waals surface area contributed by atoms with Gasteiger partial charge in [-0.25, -0.2) is 0 Å². The second kappa shape index (κ2) is 11.2. The van der Waals surface area contributed by atoms with Crippen LogP contribution in [0, 0.1) is 0 Å². The standard InChI is InChI=1S/C20H26O5/c1-3-22-17-9-5-7-11-19(17)24-15-13-21-14-16-25-20-12-8-6-10-18(20)23-4-2/h5-12H,3-4,13-16H2,1-2H3. The molecule has 0 aliphatic rings. The van der Waals surface area contributed by atoms with Crippen LogP contribution in [0.25, 0.3) is 0 Å². The highest BCUT2D eigenvalue weighted by Crippen LogP contribution is 2.27. The van der Waals surface area contributed by atoms with Crippen LogP contribution in [0.5, 0.6) is 23.0 Å². The fraction of sp³-hybridized carbons (Fsp3) is 0.400. The predicted octanol–water partition coefficient (Wildman–Crippen LogP) is 3.96. The monoisotopic (exact) mass is 346 g/mol. The van der Waals surface area contributed by atoms with E-state index in [4.69, 9.17) is 23.7 Å². The van der Waals surface area contributed by atoms with E-state index in [0.29, 0.717) is 39.6 Å². The van der Waals surface area contributed by atoms with Gasteiger partial charge in [-0.05, 0) is 38.1 Å². The molecule has 0 aliphatic carbocycles.